The second-order valence-corrected chi connectivity index (χ2v) is 4.12. The molecule has 0 fully saturated rings. The summed E-state index contributed by atoms with van der Waals surface area (Å²) in [5, 5.41) is 0. The van der Waals surface area contributed by atoms with Crippen molar-refractivity contribution in [3.63, 3.8) is 0 Å². The molecule has 88 valence electrons. The smallest absolute Gasteiger partial charge is 0.131 e. The predicted octanol–water partition coefficient (Wildman–Crippen LogP) is 4.12. The molecule has 17 heavy (non-hydrogen) atoms. The van der Waals surface area contributed by atoms with Crippen LogP contribution in [0.5, 0.6) is 5.75 Å². The molecule has 0 atom stereocenters. The summed E-state index contributed by atoms with van der Waals surface area (Å²) < 4.78 is 19.1. The minimum absolute atomic E-state index is 0.228. The van der Waals surface area contributed by atoms with Crippen LogP contribution in [-0.2, 0) is 0 Å². The Morgan fingerprint density at radius 2 is 1.59 bits per heavy atom. The number of hydrogen-bond donors (Lipinski definition) is 0. The Morgan fingerprint density at radius 3 is 2.24 bits per heavy atom. The Bertz CT molecular complexity index is 547. The van der Waals surface area contributed by atoms with Crippen molar-refractivity contribution in [1.82, 2.24) is 0 Å². The van der Waals surface area contributed by atoms with Crippen molar-refractivity contribution in [3.05, 3.63) is 53.3 Å². The van der Waals surface area contributed by atoms with Crippen molar-refractivity contribution in [3.8, 4) is 16.9 Å². The van der Waals surface area contributed by atoms with Gasteiger partial charge in [0.25, 0.3) is 0 Å². The van der Waals surface area contributed by atoms with Gasteiger partial charge in [0.1, 0.15) is 11.6 Å². The third kappa shape index (κ3) is 2.16. The van der Waals surface area contributed by atoms with Gasteiger partial charge in [0, 0.05) is 11.1 Å². The van der Waals surface area contributed by atoms with Crippen LogP contribution in [0, 0.1) is 19.7 Å². The first-order valence-electron chi connectivity index (χ1n) is 5.53. The highest BCUT2D eigenvalue weighted by atomic mass is 19.1. The molecular formula is C15H15FO. The Hall–Kier alpha value is -1.83. The molecule has 0 saturated carbocycles. The Morgan fingerprint density at radius 1 is 0.941 bits per heavy atom. The van der Waals surface area contributed by atoms with Crippen LogP contribution in [0.3, 0.4) is 0 Å². The van der Waals surface area contributed by atoms with Gasteiger partial charge < -0.3 is 4.74 Å². The van der Waals surface area contributed by atoms with Crippen LogP contribution in [0.15, 0.2) is 36.4 Å². The van der Waals surface area contributed by atoms with Crippen LogP contribution >= 0.6 is 0 Å². The SMILES string of the molecule is COc1cc(C)c(C)cc1-c1ccccc1F. The summed E-state index contributed by atoms with van der Waals surface area (Å²) >= 11 is 0. The number of halogens is 1. The van der Waals surface area contributed by atoms with E-state index < -0.39 is 0 Å². The molecule has 2 aromatic carbocycles. The zero-order chi connectivity index (χ0) is 12.4. The molecule has 2 rings (SSSR count). The quantitative estimate of drug-likeness (QED) is 0.754. The van der Waals surface area contributed by atoms with Crippen LogP contribution in [0.1, 0.15) is 11.1 Å². The van der Waals surface area contributed by atoms with E-state index in [1.807, 2.05) is 32.0 Å². The van der Waals surface area contributed by atoms with Crippen molar-refractivity contribution < 1.29 is 9.13 Å². The van der Waals surface area contributed by atoms with Crippen molar-refractivity contribution in [2.45, 2.75) is 13.8 Å². The monoisotopic (exact) mass is 230 g/mol. The summed E-state index contributed by atoms with van der Waals surface area (Å²) in [6, 6.07) is 10.6. The first-order chi connectivity index (χ1) is 8.13. The average Bonchev–Trinajstić information content (AvgIpc) is 2.33. The van der Waals surface area contributed by atoms with E-state index in [1.54, 1.807) is 19.2 Å². The fourth-order valence-electron chi connectivity index (χ4n) is 1.85. The summed E-state index contributed by atoms with van der Waals surface area (Å²) in [6.07, 6.45) is 0. The van der Waals surface area contributed by atoms with Crippen molar-refractivity contribution in [2.24, 2.45) is 0 Å². The summed E-state index contributed by atoms with van der Waals surface area (Å²) in [6.45, 7) is 4.03. The Labute approximate surface area is 101 Å². The second-order valence-electron chi connectivity index (χ2n) is 4.12. The first-order valence-corrected chi connectivity index (χ1v) is 5.53. The van der Waals surface area contributed by atoms with Crippen molar-refractivity contribution in [2.75, 3.05) is 7.11 Å². The van der Waals surface area contributed by atoms with Crippen LogP contribution in [0.25, 0.3) is 11.1 Å². The van der Waals surface area contributed by atoms with Crippen LogP contribution in [-0.4, -0.2) is 7.11 Å². The van der Waals surface area contributed by atoms with Gasteiger partial charge in [-0.25, -0.2) is 4.39 Å². The average molecular weight is 230 g/mol. The zero-order valence-corrected chi connectivity index (χ0v) is 10.3. The highest BCUT2D eigenvalue weighted by Gasteiger charge is 2.11. The molecule has 0 unspecified atom stereocenters. The number of benzene rings is 2. The molecule has 0 spiro atoms. The van der Waals surface area contributed by atoms with Gasteiger partial charge in [0.2, 0.25) is 0 Å². The van der Waals surface area contributed by atoms with E-state index in [0.29, 0.717) is 11.3 Å². The van der Waals surface area contributed by atoms with Gasteiger partial charge in [0.05, 0.1) is 7.11 Å². The molecule has 0 aliphatic rings. The van der Waals surface area contributed by atoms with Crippen LogP contribution in [0.4, 0.5) is 4.39 Å². The van der Waals surface area contributed by atoms with Gasteiger partial charge in [-0.2, -0.15) is 0 Å². The molecule has 0 radical (unpaired) electrons. The van der Waals surface area contributed by atoms with Crippen LogP contribution < -0.4 is 4.74 Å². The summed E-state index contributed by atoms with van der Waals surface area (Å²) in [5.41, 5.74) is 3.65. The molecule has 0 heterocycles. The largest absolute Gasteiger partial charge is 0.496 e. The third-order valence-corrected chi connectivity index (χ3v) is 2.98. The maximum atomic E-state index is 13.8. The van der Waals surface area contributed by atoms with E-state index in [-0.39, 0.29) is 5.82 Å². The molecule has 0 aromatic heterocycles. The third-order valence-electron chi connectivity index (χ3n) is 2.98. The summed E-state index contributed by atoms with van der Waals surface area (Å²) in [4.78, 5) is 0. The van der Waals surface area contributed by atoms with E-state index in [9.17, 15) is 4.39 Å². The first kappa shape index (κ1) is 11.6. The molecule has 0 N–H and O–H groups in total. The molecule has 0 amide bonds. The topological polar surface area (TPSA) is 9.23 Å². The van der Waals surface area contributed by atoms with E-state index in [2.05, 4.69) is 0 Å². The summed E-state index contributed by atoms with van der Waals surface area (Å²) in [5.74, 6) is 0.479. The van der Waals surface area contributed by atoms with Gasteiger partial charge in [-0.15, -0.1) is 0 Å². The molecule has 0 saturated heterocycles. The maximum absolute atomic E-state index is 13.8. The van der Waals surface area contributed by atoms with Gasteiger partial charge in [-0.05, 0) is 43.2 Å². The van der Waals surface area contributed by atoms with E-state index >= 15 is 0 Å². The Balaban J connectivity index is 2.67. The highest BCUT2D eigenvalue weighted by molar-refractivity contribution is 5.72. The minimum Gasteiger partial charge on any atom is -0.496 e. The van der Waals surface area contributed by atoms with E-state index in [0.717, 1.165) is 16.7 Å². The second kappa shape index (κ2) is 4.58. The van der Waals surface area contributed by atoms with Crippen LogP contribution in [0.2, 0.25) is 0 Å². The predicted molar refractivity (Wildman–Crippen MR) is 67.9 cm³/mol. The molecule has 0 bridgehead atoms. The van der Waals surface area contributed by atoms with Gasteiger partial charge >= 0.3 is 0 Å². The Kier molecular flexibility index (Phi) is 3.14. The molecular weight excluding hydrogens is 215 g/mol. The highest BCUT2D eigenvalue weighted by Crippen LogP contribution is 2.33. The molecule has 0 aliphatic carbocycles. The summed E-state index contributed by atoms with van der Waals surface area (Å²) in [7, 11) is 1.61. The number of methoxy groups -OCH3 is 1. The number of aryl methyl sites for hydroxylation is 2. The molecule has 1 nitrogen and oxygen atoms in total. The zero-order valence-electron chi connectivity index (χ0n) is 10.3. The fourth-order valence-corrected chi connectivity index (χ4v) is 1.85. The molecule has 2 heteroatoms. The number of rotatable bonds is 2. The fraction of sp³-hybridized carbons (Fsp3) is 0.200. The van der Waals surface area contributed by atoms with E-state index in [4.69, 9.17) is 4.74 Å². The number of hydrogen-bond acceptors (Lipinski definition) is 1. The van der Waals surface area contributed by atoms with Crippen molar-refractivity contribution >= 4 is 0 Å². The van der Waals surface area contributed by atoms with Gasteiger partial charge in [0.15, 0.2) is 0 Å². The minimum atomic E-state index is -0.228. The van der Waals surface area contributed by atoms with Gasteiger partial charge in [-0.1, -0.05) is 18.2 Å². The van der Waals surface area contributed by atoms with Gasteiger partial charge in [-0.3, -0.25) is 0 Å². The molecule has 2 aromatic rings. The number of ether oxygens (including phenoxy) is 1. The lowest BCUT2D eigenvalue weighted by atomic mass is 9.99. The lowest BCUT2D eigenvalue weighted by Gasteiger charge is -2.12. The lowest BCUT2D eigenvalue weighted by Crippen LogP contribution is -1.93. The lowest BCUT2D eigenvalue weighted by molar-refractivity contribution is 0.415. The standard InChI is InChI=1S/C15H15FO/c1-10-8-13(15(17-3)9-11(10)2)12-6-4-5-7-14(12)16/h4-9H,1-3H3. The normalized spacial score (nSPS) is 10.4. The maximum Gasteiger partial charge on any atom is 0.131 e. The molecule has 0 aliphatic heterocycles. The van der Waals surface area contributed by atoms with Crippen molar-refractivity contribution in [1.29, 1.82) is 0 Å². The van der Waals surface area contributed by atoms with E-state index in [1.165, 1.54) is 6.07 Å².